The Morgan fingerprint density at radius 3 is 2.68 bits per heavy atom. The van der Waals surface area contributed by atoms with E-state index in [1.165, 1.54) is 18.2 Å². The summed E-state index contributed by atoms with van der Waals surface area (Å²) in [6.45, 7) is 0.204. The topological polar surface area (TPSA) is 76.7 Å². The van der Waals surface area contributed by atoms with Crippen molar-refractivity contribution >= 4 is 29.6 Å². The smallest absolute Gasteiger partial charge is 0.338 e. The minimum absolute atomic E-state index is 0.0429. The zero-order valence-corrected chi connectivity index (χ0v) is 15.6. The molecule has 0 radical (unpaired) electrons. The molecule has 28 heavy (non-hydrogen) atoms. The Bertz CT molecular complexity index is 1210. The van der Waals surface area contributed by atoms with Crippen LogP contribution >= 0.6 is 12.6 Å². The second-order valence-electron chi connectivity index (χ2n) is 6.22. The maximum atomic E-state index is 12.6. The van der Waals surface area contributed by atoms with Crippen molar-refractivity contribution in [2.24, 2.45) is 0 Å². The lowest BCUT2D eigenvalue weighted by atomic mass is 9.91. The number of esters is 1. The number of ether oxygens (including phenoxy) is 1. The summed E-state index contributed by atoms with van der Waals surface area (Å²) >= 11 is 4.08. The average Bonchev–Trinajstić information content (AvgIpc) is 2.70. The first-order valence-corrected chi connectivity index (χ1v) is 9.29. The van der Waals surface area contributed by atoms with E-state index in [-0.39, 0.29) is 17.8 Å². The summed E-state index contributed by atoms with van der Waals surface area (Å²) in [6, 6.07) is 16.4. The Kier molecular flexibility index (Phi) is 4.79. The Labute approximate surface area is 165 Å². The van der Waals surface area contributed by atoms with Crippen LogP contribution in [0.4, 0.5) is 0 Å². The van der Waals surface area contributed by atoms with Gasteiger partial charge in [0.25, 0.3) is 0 Å². The molecule has 0 atom stereocenters. The summed E-state index contributed by atoms with van der Waals surface area (Å²) < 4.78 is 11.1. The van der Waals surface area contributed by atoms with Crippen LogP contribution in [0.1, 0.15) is 10.4 Å². The van der Waals surface area contributed by atoms with Crippen molar-refractivity contribution in [3.8, 4) is 28.2 Å². The molecule has 4 rings (SSSR count). The highest BCUT2D eigenvalue weighted by molar-refractivity contribution is 7.80. The van der Waals surface area contributed by atoms with Gasteiger partial charge in [-0.15, -0.1) is 0 Å². The van der Waals surface area contributed by atoms with E-state index in [1.807, 2.05) is 12.1 Å². The number of thiol groups is 1. The predicted molar refractivity (Wildman–Crippen MR) is 110 cm³/mol. The standard InChI is InChI=1S/C22H16O5S/c23-13-5-7-17-19(11-13)27-20-12-14(24)6-8-18(20)21(17)15-3-1-2-4-16(15)22(25)26-9-10-28/h1-8,11-12,23,28H,9-10H2. The van der Waals surface area contributed by atoms with Gasteiger partial charge in [-0.2, -0.15) is 12.6 Å². The van der Waals surface area contributed by atoms with Crippen molar-refractivity contribution in [1.29, 1.82) is 0 Å². The van der Waals surface area contributed by atoms with Gasteiger partial charge in [-0.3, -0.25) is 4.79 Å². The summed E-state index contributed by atoms with van der Waals surface area (Å²) in [5.41, 5.74) is 2.69. The number of benzene rings is 3. The number of fused-ring (bicyclic) bond motifs is 2. The predicted octanol–water partition coefficient (Wildman–Crippen LogP) is 4.36. The molecule has 1 aliphatic carbocycles. The fraction of sp³-hybridized carbons (Fsp3) is 0.0909. The SMILES string of the molecule is O=C(OCCS)c1ccccc1-c1c2ccc(=O)cc-2oc2cc(O)ccc12. The number of hydrogen-bond donors (Lipinski definition) is 2. The molecule has 6 heteroatoms. The number of phenols is 1. The van der Waals surface area contributed by atoms with Crippen molar-refractivity contribution in [2.75, 3.05) is 12.4 Å². The third-order valence-electron chi connectivity index (χ3n) is 4.42. The zero-order valence-electron chi connectivity index (χ0n) is 14.7. The van der Waals surface area contributed by atoms with Crippen LogP contribution in [-0.2, 0) is 4.74 Å². The van der Waals surface area contributed by atoms with E-state index in [2.05, 4.69) is 12.6 Å². The van der Waals surface area contributed by atoms with E-state index in [1.54, 1.807) is 30.3 Å². The molecule has 0 spiro atoms. The van der Waals surface area contributed by atoms with Gasteiger partial charge in [0, 0.05) is 34.4 Å². The van der Waals surface area contributed by atoms with Gasteiger partial charge in [-0.25, -0.2) is 4.79 Å². The van der Waals surface area contributed by atoms with Crippen LogP contribution in [0, 0.1) is 0 Å². The van der Waals surface area contributed by atoms with Crippen molar-refractivity contribution in [1.82, 2.24) is 0 Å². The highest BCUT2D eigenvalue weighted by atomic mass is 32.1. The lowest BCUT2D eigenvalue weighted by Gasteiger charge is -2.17. The van der Waals surface area contributed by atoms with Crippen LogP contribution in [0.5, 0.6) is 5.75 Å². The molecule has 0 aromatic heterocycles. The Morgan fingerprint density at radius 1 is 1.04 bits per heavy atom. The van der Waals surface area contributed by atoms with Gasteiger partial charge >= 0.3 is 5.97 Å². The van der Waals surface area contributed by atoms with Gasteiger partial charge in [0.05, 0.1) is 5.56 Å². The molecule has 1 N–H and O–H groups in total. The molecule has 1 aliphatic heterocycles. The molecule has 5 nitrogen and oxygen atoms in total. The van der Waals surface area contributed by atoms with Gasteiger partial charge in [0.2, 0.25) is 0 Å². The monoisotopic (exact) mass is 392 g/mol. The van der Waals surface area contributed by atoms with Crippen LogP contribution in [0.25, 0.3) is 33.4 Å². The number of hydrogen-bond acceptors (Lipinski definition) is 6. The molecule has 140 valence electrons. The van der Waals surface area contributed by atoms with Crippen molar-refractivity contribution in [3.05, 3.63) is 76.5 Å². The third kappa shape index (κ3) is 3.23. The first-order chi connectivity index (χ1) is 13.6. The van der Waals surface area contributed by atoms with Gasteiger partial charge in [0.1, 0.15) is 23.7 Å². The summed E-state index contributed by atoms with van der Waals surface area (Å²) in [4.78, 5) is 24.4. The summed E-state index contributed by atoms with van der Waals surface area (Å²) in [5, 5.41) is 10.6. The third-order valence-corrected chi connectivity index (χ3v) is 4.60. The van der Waals surface area contributed by atoms with Gasteiger partial charge in [-0.05, 0) is 35.9 Å². The van der Waals surface area contributed by atoms with Crippen LogP contribution in [0.2, 0.25) is 0 Å². The fourth-order valence-electron chi connectivity index (χ4n) is 3.24. The molecule has 0 unspecified atom stereocenters. The number of rotatable bonds is 4. The van der Waals surface area contributed by atoms with Crippen molar-refractivity contribution < 1.29 is 19.1 Å². The van der Waals surface area contributed by atoms with E-state index in [9.17, 15) is 14.7 Å². The van der Waals surface area contributed by atoms with E-state index < -0.39 is 5.97 Å². The quantitative estimate of drug-likeness (QED) is 0.307. The molecular formula is C22H16O5S. The molecule has 0 amide bonds. The minimum atomic E-state index is -0.453. The van der Waals surface area contributed by atoms with E-state index in [0.717, 1.165) is 5.56 Å². The number of carbonyl (C=O) groups excluding carboxylic acids is 1. The summed E-state index contributed by atoms with van der Waals surface area (Å²) in [6.07, 6.45) is 0. The number of phenolic OH excluding ortho intramolecular Hbond substituents is 1. The molecular weight excluding hydrogens is 376 g/mol. The first-order valence-electron chi connectivity index (χ1n) is 8.65. The molecule has 0 bridgehead atoms. The van der Waals surface area contributed by atoms with E-state index in [4.69, 9.17) is 9.15 Å². The van der Waals surface area contributed by atoms with Crippen LogP contribution in [0.3, 0.4) is 0 Å². The highest BCUT2D eigenvalue weighted by Gasteiger charge is 2.22. The minimum Gasteiger partial charge on any atom is -0.508 e. The van der Waals surface area contributed by atoms with Crippen LogP contribution < -0.4 is 5.43 Å². The van der Waals surface area contributed by atoms with Crippen LogP contribution in [0.15, 0.2) is 69.9 Å². The Balaban J connectivity index is 2.06. The van der Waals surface area contributed by atoms with Crippen molar-refractivity contribution in [2.45, 2.75) is 0 Å². The lowest BCUT2D eigenvalue weighted by molar-refractivity contribution is 0.0531. The van der Waals surface area contributed by atoms with E-state index in [0.29, 0.717) is 39.2 Å². The molecule has 2 aliphatic rings. The largest absolute Gasteiger partial charge is 0.508 e. The highest BCUT2D eigenvalue weighted by Crippen LogP contribution is 2.41. The molecule has 2 aromatic carbocycles. The molecule has 0 saturated carbocycles. The average molecular weight is 392 g/mol. The second-order valence-corrected chi connectivity index (χ2v) is 6.67. The van der Waals surface area contributed by atoms with Gasteiger partial charge < -0.3 is 14.3 Å². The summed E-state index contributed by atoms with van der Waals surface area (Å²) in [7, 11) is 0. The number of aromatic hydroxyl groups is 1. The zero-order chi connectivity index (χ0) is 19.7. The van der Waals surface area contributed by atoms with Gasteiger partial charge in [0.15, 0.2) is 5.43 Å². The van der Waals surface area contributed by atoms with Crippen molar-refractivity contribution in [3.63, 3.8) is 0 Å². The van der Waals surface area contributed by atoms with Crippen LogP contribution in [-0.4, -0.2) is 23.4 Å². The molecule has 0 saturated heterocycles. The maximum Gasteiger partial charge on any atom is 0.338 e. The Morgan fingerprint density at radius 2 is 1.86 bits per heavy atom. The molecule has 2 aromatic rings. The second kappa shape index (κ2) is 7.40. The molecule has 1 heterocycles. The maximum absolute atomic E-state index is 12.6. The normalized spacial score (nSPS) is 11.0. The fourth-order valence-corrected chi connectivity index (χ4v) is 3.34. The van der Waals surface area contributed by atoms with E-state index >= 15 is 0 Å². The number of carbonyl (C=O) groups is 1. The molecule has 0 fully saturated rings. The summed E-state index contributed by atoms with van der Waals surface area (Å²) in [5.74, 6) is 0.390. The van der Waals surface area contributed by atoms with Gasteiger partial charge in [-0.1, -0.05) is 18.2 Å². The first kappa shape index (κ1) is 18.1. The Hall–Kier alpha value is -3.25. The lowest BCUT2D eigenvalue weighted by Crippen LogP contribution is -2.09.